The van der Waals surface area contributed by atoms with Crippen LogP contribution in [0.1, 0.15) is 44.6 Å². The van der Waals surface area contributed by atoms with E-state index in [1.165, 1.54) is 6.08 Å². The van der Waals surface area contributed by atoms with Crippen molar-refractivity contribution in [2.24, 2.45) is 0 Å². The van der Waals surface area contributed by atoms with E-state index in [4.69, 9.17) is 9.57 Å². The van der Waals surface area contributed by atoms with Crippen molar-refractivity contribution < 1.29 is 51.9 Å². The van der Waals surface area contributed by atoms with Crippen molar-refractivity contribution in [3.63, 3.8) is 0 Å². The molecule has 2 saturated heterocycles. The molecule has 4 N–H and O–H groups in total. The standard InChI is InChI=1S/C27H33N5O11S/c1-16-14-27(30-43-16,17-7-4-3-5-8-17)26(39)42-15-21(33)19(13-23(35)36)28-24(37)20-9-6-12-31-22(34)11-10-18(25(38)32(20)31)29-44(2,40)41/h3-5,7-8,14,18-20,29-30H,6,9-13,15H2,1-2H3,(H,28,37)(H,35,36). The van der Waals surface area contributed by atoms with Gasteiger partial charge in [0.15, 0.2) is 17.9 Å². The van der Waals surface area contributed by atoms with Gasteiger partial charge in [0.25, 0.3) is 5.91 Å². The highest BCUT2D eigenvalue weighted by molar-refractivity contribution is 7.88. The number of allylic oxidation sites excluding steroid dienone is 1. The first kappa shape index (κ1) is 32.6. The van der Waals surface area contributed by atoms with E-state index in [0.717, 1.165) is 16.3 Å². The van der Waals surface area contributed by atoms with Crippen molar-refractivity contribution in [1.82, 2.24) is 25.5 Å². The highest BCUT2D eigenvalue weighted by atomic mass is 32.2. The molecule has 2 fully saturated rings. The summed E-state index contributed by atoms with van der Waals surface area (Å²) >= 11 is 0. The van der Waals surface area contributed by atoms with Gasteiger partial charge in [0, 0.05) is 13.0 Å². The van der Waals surface area contributed by atoms with Crippen LogP contribution in [0.5, 0.6) is 0 Å². The second kappa shape index (κ2) is 13.1. The highest BCUT2D eigenvalue weighted by Crippen LogP contribution is 2.31. The number of ether oxygens (including phenoxy) is 1. The third-order valence-corrected chi connectivity index (χ3v) is 8.01. The van der Waals surface area contributed by atoms with E-state index in [-0.39, 0.29) is 25.8 Å². The predicted molar refractivity (Wildman–Crippen MR) is 149 cm³/mol. The van der Waals surface area contributed by atoms with Gasteiger partial charge in [-0.05, 0) is 37.8 Å². The fourth-order valence-electron chi connectivity index (χ4n) is 5.27. The van der Waals surface area contributed by atoms with E-state index in [0.29, 0.717) is 17.7 Å². The first-order valence-corrected chi connectivity index (χ1v) is 15.6. The van der Waals surface area contributed by atoms with Gasteiger partial charge in [0.2, 0.25) is 21.8 Å². The van der Waals surface area contributed by atoms with Crippen LogP contribution in [0, 0.1) is 0 Å². The van der Waals surface area contributed by atoms with Gasteiger partial charge in [-0.2, -0.15) is 0 Å². The van der Waals surface area contributed by atoms with E-state index in [9.17, 15) is 42.3 Å². The fraction of sp³-hybridized carbons (Fsp3) is 0.481. The lowest BCUT2D eigenvalue weighted by Crippen LogP contribution is -2.64. The summed E-state index contributed by atoms with van der Waals surface area (Å²) < 4.78 is 31.2. The zero-order valence-corrected chi connectivity index (χ0v) is 24.8. The number of hydrazine groups is 1. The second-order valence-corrected chi connectivity index (χ2v) is 12.5. The molecule has 238 valence electrons. The van der Waals surface area contributed by atoms with E-state index >= 15 is 0 Å². The number of hydrogen-bond acceptors (Lipinski definition) is 11. The smallest absolute Gasteiger partial charge is 0.338 e. The Morgan fingerprint density at radius 1 is 1.18 bits per heavy atom. The van der Waals surface area contributed by atoms with E-state index in [1.807, 2.05) is 0 Å². The zero-order valence-electron chi connectivity index (χ0n) is 24.0. The van der Waals surface area contributed by atoms with Gasteiger partial charge >= 0.3 is 11.9 Å². The molecule has 17 heteroatoms. The van der Waals surface area contributed by atoms with Crippen LogP contribution in [-0.2, 0) is 53.9 Å². The monoisotopic (exact) mass is 635 g/mol. The van der Waals surface area contributed by atoms with Gasteiger partial charge in [-0.1, -0.05) is 30.3 Å². The summed E-state index contributed by atoms with van der Waals surface area (Å²) in [4.78, 5) is 82.8. The van der Waals surface area contributed by atoms with Gasteiger partial charge in [0.1, 0.15) is 23.9 Å². The van der Waals surface area contributed by atoms with Crippen molar-refractivity contribution in [3.8, 4) is 0 Å². The summed E-state index contributed by atoms with van der Waals surface area (Å²) in [6, 6.07) is 4.07. The molecule has 0 aliphatic carbocycles. The molecule has 1 aromatic rings. The number of sulfonamides is 1. The predicted octanol–water partition coefficient (Wildman–Crippen LogP) is -1.16. The lowest BCUT2D eigenvalue weighted by atomic mass is 9.90. The van der Waals surface area contributed by atoms with Crippen molar-refractivity contribution in [1.29, 1.82) is 0 Å². The molecule has 3 aliphatic rings. The summed E-state index contributed by atoms with van der Waals surface area (Å²) in [6.45, 7) is 0.795. The topological polar surface area (TPSA) is 218 Å². The Balaban J connectivity index is 1.50. The highest BCUT2D eigenvalue weighted by Gasteiger charge is 2.47. The third kappa shape index (κ3) is 7.23. The number of nitrogens with one attached hydrogen (secondary N) is 3. The number of ketones is 1. The minimum atomic E-state index is -3.85. The molecule has 3 aliphatic heterocycles. The number of aliphatic carboxylic acids is 1. The van der Waals surface area contributed by atoms with Crippen LogP contribution >= 0.6 is 0 Å². The average molecular weight is 636 g/mol. The maximum Gasteiger partial charge on any atom is 0.338 e. The Morgan fingerprint density at radius 3 is 2.50 bits per heavy atom. The minimum Gasteiger partial charge on any atom is -0.481 e. The molecule has 0 saturated carbocycles. The van der Waals surface area contributed by atoms with Crippen LogP contribution in [0.3, 0.4) is 0 Å². The van der Waals surface area contributed by atoms with Gasteiger partial charge in [-0.3, -0.25) is 29.0 Å². The molecule has 0 radical (unpaired) electrons. The number of fused-ring (bicyclic) bond motifs is 1. The first-order chi connectivity index (χ1) is 20.7. The van der Waals surface area contributed by atoms with Crippen molar-refractivity contribution in [3.05, 3.63) is 47.7 Å². The number of benzene rings is 1. The molecule has 0 bridgehead atoms. The largest absolute Gasteiger partial charge is 0.481 e. The molecule has 16 nitrogen and oxygen atoms in total. The number of Topliss-reactive ketones (excluding diaryl/α,β-unsaturated/α-hetero) is 1. The average Bonchev–Trinajstić information content (AvgIpc) is 3.34. The number of rotatable bonds is 11. The lowest BCUT2D eigenvalue weighted by Gasteiger charge is -2.43. The van der Waals surface area contributed by atoms with Crippen molar-refractivity contribution >= 4 is 45.5 Å². The minimum absolute atomic E-state index is 0.0485. The van der Waals surface area contributed by atoms with Crippen LogP contribution in [-0.4, -0.2) is 96.5 Å². The SMILES string of the molecule is CC1=CC(C(=O)OCC(=O)C(CC(=O)O)NC(=O)C2CCCN3C(=O)CCC(NS(C)(=O)=O)C(=O)N23)(c2ccccc2)NO1. The van der Waals surface area contributed by atoms with E-state index in [2.05, 4.69) is 15.5 Å². The van der Waals surface area contributed by atoms with Crippen molar-refractivity contribution in [2.45, 2.75) is 62.7 Å². The van der Waals surface area contributed by atoms with E-state index < -0.39 is 82.2 Å². The number of amides is 3. The normalized spacial score (nSPS) is 24.4. The van der Waals surface area contributed by atoms with Gasteiger partial charge in [-0.15, -0.1) is 5.48 Å². The zero-order chi connectivity index (χ0) is 32.2. The van der Waals surface area contributed by atoms with Crippen molar-refractivity contribution in [2.75, 3.05) is 19.4 Å². The Kier molecular flexibility index (Phi) is 9.70. The van der Waals surface area contributed by atoms with Gasteiger partial charge < -0.3 is 20.0 Å². The molecule has 4 atom stereocenters. The second-order valence-electron chi connectivity index (χ2n) is 10.7. The number of nitrogens with zero attached hydrogens (tertiary/aromatic N) is 2. The van der Waals surface area contributed by atoms with Crippen LogP contribution in [0.2, 0.25) is 0 Å². The Hall–Kier alpha value is -4.35. The van der Waals surface area contributed by atoms with Crippen LogP contribution in [0.15, 0.2) is 42.2 Å². The van der Waals surface area contributed by atoms with Crippen LogP contribution in [0.4, 0.5) is 0 Å². The molecule has 4 rings (SSSR count). The number of carboxylic acid groups (broad SMARTS) is 1. The molecule has 4 unspecified atom stereocenters. The molecule has 0 aromatic heterocycles. The molecule has 44 heavy (non-hydrogen) atoms. The first-order valence-electron chi connectivity index (χ1n) is 13.7. The third-order valence-electron chi connectivity index (χ3n) is 7.29. The maximum absolute atomic E-state index is 13.5. The maximum atomic E-state index is 13.5. The molecule has 1 aromatic carbocycles. The Morgan fingerprint density at radius 2 is 1.89 bits per heavy atom. The van der Waals surface area contributed by atoms with Crippen LogP contribution in [0.25, 0.3) is 0 Å². The number of carboxylic acids is 1. The molecular formula is C27H33N5O11S. The molecule has 0 spiro atoms. The quantitative estimate of drug-likeness (QED) is 0.212. The molecule has 3 amide bonds. The summed E-state index contributed by atoms with van der Waals surface area (Å²) in [7, 11) is -3.85. The van der Waals surface area contributed by atoms with Crippen LogP contribution < -0.4 is 15.5 Å². The summed E-state index contributed by atoms with van der Waals surface area (Å²) in [5.74, 6) is -5.22. The number of esters is 1. The number of carbonyl (C=O) groups excluding carboxylic acids is 5. The van der Waals surface area contributed by atoms with Gasteiger partial charge in [0.05, 0.1) is 12.7 Å². The number of hydrogen-bond donors (Lipinski definition) is 4. The number of carbonyl (C=O) groups is 6. The Bertz CT molecular complexity index is 1480. The molecule has 3 heterocycles. The summed E-state index contributed by atoms with van der Waals surface area (Å²) in [6.07, 6.45) is 1.52. The van der Waals surface area contributed by atoms with Gasteiger partial charge in [-0.25, -0.2) is 22.9 Å². The number of hydroxylamine groups is 1. The summed E-state index contributed by atoms with van der Waals surface area (Å²) in [5, 5.41) is 13.7. The Labute approximate surface area is 252 Å². The lowest BCUT2D eigenvalue weighted by molar-refractivity contribution is -0.176. The fourth-order valence-corrected chi connectivity index (χ4v) is 6.00. The summed E-state index contributed by atoms with van der Waals surface area (Å²) in [5.41, 5.74) is 1.46. The van der Waals surface area contributed by atoms with E-state index in [1.54, 1.807) is 37.3 Å². The molecular weight excluding hydrogens is 602 g/mol.